The maximum Gasteiger partial charge on any atom is 0.152 e. The number of sulfone groups is 1. The Kier molecular flexibility index (Phi) is 4.07. The molecule has 2 aliphatic rings. The summed E-state index contributed by atoms with van der Waals surface area (Å²) in [6, 6.07) is 0. The lowest BCUT2D eigenvalue weighted by atomic mass is 9.96. The fourth-order valence-corrected chi connectivity index (χ4v) is 4.73. The molecule has 2 saturated heterocycles. The van der Waals surface area contributed by atoms with Crippen LogP contribution in [-0.2, 0) is 9.84 Å². The second-order valence-corrected chi connectivity index (χ2v) is 7.52. The zero-order chi connectivity index (χ0) is 12.4. The van der Waals surface area contributed by atoms with Gasteiger partial charge in [0.2, 0.25) is 0 Å². The Bertz CT molecular complexity index is 352. The molecule has 17 heavy (non-hydrogen) atoms. The van der Waals surface area contributed by atoms with E-state index < -0.39 is 15.4 Å². The molecule has 6 heteroatoms. The van der Waals surface area contributed by atoms with Gasteiger partial charge in [0.1, 0.15) is 0 Å². The van der Waals surface area contributed by atoms with Gasteiger partial charge in [-0.15, -0.1) is 0 Å². The predicted octanol–water partition coefficient (Wildman–Crippen LogP) is -0.117. The van der Waals surface area contributed by atoms with Gasteiger partial charge in [0.05, 0.1) is 17.0 Å². The SMILES string of the molecule is NCC1(NN2CCCCC2)CCCS(=O)(=O)C1. The minimum atomic E-state index is -2.92. The summed E-state index contributed by atoms with van der Waals surface area (Å²) < 4.78 is 23.5. The van der Waals surface area contributed by atoms with Gasteiger partial charge in [-0.05, 0) is 25.7 Å². The van der Waals surface area contributed by atoms with Gasteiger partial charge in [0.15, 0.2) is 9.84 Å². The molecule has 0 spiro atoms. The largest absolute Gasteiger partial charge is 0.329 e. The van der Waals surface area contributed by atoms with Crippen LogP contribution in [0.1, 0.15) is 32.1 Å². The van der Waals surface area contributed by atoms with Crippen LogP contribution >= 0.6 is 0 Å². The van der Waals surface area contributed by atoms with E-state index in [9.17, 15) is 8.42 Å². The Balaban J connectivity index is 2.02. The smallest absolute Gasteiger partial charge is 0.152 e. The van der Waals surface area contributed by atoms with Crippen LogP contribution in [0.25, 0.3) is 0 Å². The van der Waals surface area contributed by atoms with Crippen molar-refractivity contribution >= 4 is 9.84 Å². The van der Waals surface area contributed by atoms with Crippen LogP contribution < -0.4 is 11.2 Å². The van der Waals surface area contributed by atoms with Gasteiger partial charge in [-0.2, -0.15) is 0 Å². The molecular weight excluding hydrogens is 238 g/mol. The molecule has 2 fully saturated rings. The van der Waals surface area contributed by atoms with Gasteiger partial charge in [0, 0.05) is 19.6 Å². The summed E-state index contributed by atoms with van der Waals surface area (Å²) in [6.07, 6.45) is 5.21. The maximum absolute atomic E-state index is 11.8. The second kappa shape index (κ2) is 5.22. The summed E-state index contributed by atoms with van der Waals surface area (Å²) in [5, 5.41) is 2.16. The Morgan fingerprint density at radius 2 is 1.88 bits per heavy atom. The molecule has 2 heterocycles. The molecule has 0 aromatic heterocycles. The van der Waals surface area contributed by atoms with Crippen LogP contribution in [0.15, 0.2) is 0 Å². The van der Waals surface area contributed by atoms with Gasteiger partial charge in [0.25, 0.3) is 0 Å². The monoisotopic (exact) mass is 261 g/mol. The molecule has 2 aliphatic heterocycles. The van der Waals surface area contributed by atoms with Crippen molar-refractivity contribution in [3.63, 3.8) is 0 Å². The summed E-state index contributed by atoms with van der Waals surface area (Å²) in [5.74, 6) is 0.503. The van der Waals surface area contributed by atoms with Crippen molar-refractivity contribution in [3.8, 4) is 0 Å². The van der Waals surface area contributed by atoms with E-state index in [0.717, 1.165) is 25.9 Å². The van der Waals surface area contributed by atoms with Crippen molar-refractivity contribution in [2.75, 3.05) is 31.1 Å². The molecule has 0 amide bonds. The fourth-order valence-electron chi connectivity index (χ4n) is 2.83. The Morgan fingerprint density at radius 3 is 2.47 bits per heavy atom. The van der Waals surface area contributed by atoms with Crippen molar-refractivity contribution in [1.29, 1.82) is 0 Å². The lowest BCUT2D eigenvalue weighted by Crippen LogP contribution is -2.64. The molecular formula is C11H23N3O2S. The number of hydrogen-bond donors (Lipinski definition) is 2. The van der Waals surface area contributed by atoms with Crippen LogP contribution in [0.3, 0.4) is 0 Å². The van der Waals surface area contributed by atoms with Crippen LogP contribution in [0.5, 0.6) is 0 Å². The van der Waals surface area contributed by atoms with Crippen molar-refractivity contribution in [2.24, 2.45) is 5.73 Å². The zero-order valence-corrected chi connectivity index (χ0v) is 11.1. The van der Waals surface area contributed by atoms with Crippen LogP contribution in [0, 0.1) is 0 Å². The van der Waals surface area contributed by atoms with E-state index in [-0.39, 0.29) is 5.75 Å². The van der Waals surface area contributed by atoms with Crippen molar-refractivity contribution in [3.05, 3.63) is 0 Å². The summed E-state index contributed by atoms with van der Waals surface area (Å²) in [7, 11) is -2.92. The van der Waals surface area contributed by atoms with Gasteiger partial charge in [-0.1, -0.05) is 6.42 Å². The number of nitrogens with one attached hydrogen (secondary N) is 1. The lowest BCUT2D eigenvalue weighted by Gasteiger charge is -2.42. The quantitative estimate of drug-likeness (QED) is 0.741. The highest BCUT2D eigenvalue weighted by Crippen LogP contribution is 2.23. The first kappa shape index (κ1) is 13.3. The first-order chi connectivity index (χ1) is 8.05. The Hall–Kier alpha value is -0.170. The Labute approximate surface area is 104 Å². The second-order valence-electron chi connectivity index (χ2n) is 5.34. The number of rotatable bonds is 3. The normalized spacial score (nSPS) is 34.6. The molecule has 0 radical (unpaired) electrons. The molecule has 0 saturated carbocycles. The number of hydrazine groups is 1. The highest BCUT2D eigenvalue weighted by molar-refractivity contribution is 7.91. The number of piperidine rings is 1. The molecule has 1 unspecified atom stereocenters. The third kappa shape index (κ3) is 3.40. The number of hydrogen-bond acceptors (Lipinski definition) is 5. The average Bonchev–Trinajstić information content (AvgIpc) is 2.29. The minimum absolute atomic E-state index is 0.188. The molecule has 0 aromatic carbocycles. The molecule has 100 valence electrons. The molecule has 0 aliphatic carbocycles. The van der Waals surface area contributed by atoms with E-state index >= 15 is 0 Å². The van der Waals surface area contributed by atoms with Gasteiger partial charge < -0.3 is 5.73 Å². The summed E-state index contributed by atoms with van der Waals surface area (Å²) in [4.78, 5) is 0. The first-order valence-electron chi connectivity index (χ1n) is 6.49. The topological polar surface area (TPSA) is 75.4 Å². The van der Waals surface area contributed by atoms with E-state index in [1.165, 1.54) is 19.3 Å². The molecule has 2 rings (SSSR count). The molecule has 0 aromatic rings. The highest BCUT2D eigenvalue weighted by atomic mass is 32.2. The maximum atomic E-state index is 11.8. The zero-order valence-electron chi connectivity index (χ0n) is 10.3. The lowest BCUT2D eigenvalue weighted by molar-refractivity contribution is 0.0860. The third-order valence-corrected chi connectivity index (χ3v) is 5.65. The van der Waals surface area contributed by atoms with E-state index in [1.54, 1.807) is 0 Å². The first-order valence-corrected chi connectivity index (χ1v) is 8.31. The Morgan fingerprint density at radius 1 is 1.18 bits per heavy atom. The van der Waals surface area contributed by atoms with Gasteiger partial charge >= 0.3 is 0 Å². The van der Waals surface area contributed by atoms with E-state index in [1.807, 2.05) is 0 Å². The van der Waals surface area contributed by atoms with E-state index in [0.29, 0.717) is 12.3 Å². The van der Waals surface area contributed by atoms with Gasteiger partial charge in [-0.3, -0.25) is 0 Å². The van der Waals surface area contributed by atoms with Crippen molar-refractivity contribution < 1.29 is 8.42 Å². The van der Waals surface area contributed by atoms with Crippen LogP contribution in [-0.4, -0.2) is 50.1 Å². The van der Waals surface area contributed by atoms with E-state index in [2.05, 4.69) is 10.4 Å². The fraction of sp³-hybridized carbons (Fsp3) is 1.00. The predicted molar refractivity (Wildman–Crippen MR) is 68.2 cm³/mol. The summed E-state index contributed by atoms with van der Waals surface area (Å²) in [5.41, 5.74) is 8.81. The van der Waals surface area contributed by atoms with Crippen molar-refractivity contribution in [1.82, 2.24) is 10.4 Å². The standard InChI is InChI=1S/C11H23N3O2S/c12-9-11(5-4-8-17(15,16)10-11)13-14-6-2-1-3-7-14/h13H,1-10,12H2. The molecule has 3 N–H and O–H groups in total. The number of nitrogens with two attached hydrogens (primary N) is 1. The molecule has 0 bridgehead atoms. The van der Waals surface area contributed by atoms with Crippen LogP contribution in [0.4, 0.5) is 0 Å². The minimum Gasteiger partial charge on any atom is -0.329 e. The third-order valence-electron chi connectivity index (χ3n) is 3.75. The summed E-state index contributed by atoms with van der Waals surface area (Å²) in [6.45, 7) is 2.40. The highest BCUT2D eigenvalue weighted by Gasteiger charge is 2.39. The summed E-state index contributed by atoms with van der Waals surface area (Å²) >= 11 is 0. The number of nitrogens with zero attached hydrogens (tertiary/aromatic N) is 1. The average molecular weight is 261 g/mol. The van der Waals surface area contributed by atoms with Gasteiger partial charge in [-0.25, -0.2) is 18.9 Å². The van der Waals surface area contributed by atoms with Crippen molar-refractivity contribution in [2.45, 2.75) is 37.6 Å². The molecule has 1 atom stereocenters. The van der Waals surface area contributed by atoms with Crippen LogP contribution in [0.2, 0.25) is 0 Å². The van der Waals surface area contributed by atoms with E-state index in [4.69, 9.17) is 5.73 Å². The molecule has 5 nitrogen and oxygen atoms in total.